The lowest BCUT2D eigenvalue weighted by molar-refractivity contribution is 0.442. The van der Waals surface area contributed by atoms with E-state index in [1.807, 2.05) is 17.8 Å². The summed E-state index contributed by atoms with van der Waals surface area (Å²) in [6.45, 7) is 3.49. The van der Waals surface area contributed by atoms with Gasteiger partial charge in [-0.2, -0.15) is 0 Å². The molecule has 2 heterocycles. The van der Waals surface area contributed by atoms with Crippen molar-refractivity contribution in [3.05, 3.63) is 48.0 Å². The summed E-state index contributed by atoms with van der Waals surface area (Å²) in [6, 6.07) is 16.0. The molecule has 1 unspecified atom stereocenters. The van der Waals surface area contributed by atoms with Gasteiger partial charge in [0.15, 0.2) is 0 Å². The Hall–Kier alpha value is -1.56. The molecule has 0 amide bonds. The van der Waals surface area contributed by atoms with E-state index in [1.54, 1.807) is 0 Å². The average molecular weight is 398 g/mol. The van der Waals surface area contributed by atoms with Gasteiger partial charge in [-0.15, -0.1) is 0 Å². The Balaban J connectivity index is 1.69. The van der Waals surface area contributed by atoms with Crippen molar-refractivity contribution in [1.29, 1.82) is 0 Å². The zero-order valence-corrected chi connectivity index (χ0v) is 17.4. The molecule has 0 bridgehead atoms. The second-order valence-corrected chi connectivity index (χ2v) is 9.10. The zero-order chi connectivity index (χ0) is 18.8. The number of thiocarbonyl (C=S) groups is 1. The van der Waals surface area contributed by atoms with Crippen molar-refractivity contribution < 1.29 is 0 Å². The molecule has 1 saturated heterocycles. The quantitative estimate of drug-likeness (QED) is 0.691. The molecule has 2 atom stereocenters. The van der Waals surface area contributed by atoms with Crippen LogP contribution in [0.3, 0.4) is 0 Å². The Bertz CT molecular complexity index is 828. The first-order valence-corrected chi connectivity index (χ1v) is 11.1. The number of hydrogen-bond donors (Lipinski definition) is 2. The largest absolute Gasteiger partial charge is 0.389 e. The summed E-state index contributed by atoms with van der Waals surface area (Å²) >= 11 is 7.07. The first-order valence-electron chi connectivity index (χ1n) is 9.87. The van der Waals surface area contributed by atoms with E-state index in [0.29, 0.717) is 17.1 Å². The summed E-state index contributed by atoms with van der Waals surface area (Å²) < 4.78 is 0. The molecule has 2 aromatic carbocycles. The molecule has 0 radical (unpaired) electrons. The van der Waals surface area contributed by atoms with Crippen molar-refractivity contribution in [2.45, 2.75) is 60.9 Å². The number of fused-ring (bicyclic) bond motifs is 2. The lowest BCUT2D eigenvalue weighted by atomic mass is 10.0. The van der Waals surface area contributed by atoms with E-state index in [1.165, 1.54) is 46.8 Å². The lowest BCUT2D eigenvalue weighted by Crippen LogP contribution is -2.38. The predicted molar refractivity (Wildman–Crippen MR) is 119 cm³/mol. The van der Waals surface area contributed by atoms with Crippen LogP contribution in [0.25, 0.3) is 0 Å². The molecular weight excluding hydrogens is 370 g/mol. The van der Waals surface area contributed by atoms with E-state index in [-0.39, 0.29) is 0 Å². The van der Waals surface area contributed by atoms with Gasteiger partial charge in [0.2, 0.25) is 0 Å². The summed E-state index contributed by atoms with van der Waals surface area (Å²) in [6.07, 6.45) is 6.39. The van der Waals surface area contributed by atoms with Gasteiger partial charge < -0.3 is 16.0 Å². The highest BCUT2D eigenvalue weighted by atomic mass is 32.2. The summed E-state index contributed by atoms with van der Waals surface area (Å²) in [5.41, 5.74) is 9.38. The topological polar surface area (TPSA) is 41.3 Å². The fourth-order valence-electron chi connectivity index (χ4n) is 4.23. The summed E-state index contributed by atoms with van der Waals surface area (Å²) in [7, 11) is 0. The highest BCUT2D eigenvalue weighted by Gasteiger charge is 2.29. The molecule has 0 spiro atoms. The first-order chi connectivity index (χ1) is 13.1. The van der Waals surface area contributed by atoms with Crippen LogP contribution in [0.2, 0.25) is 0 Å². The van der Waals surface area contributed by atoms with Crippen molar-refractivity contribution in [3.63, 3.8) is 0 Å². The van der Waals surface area contributed by atoms with Gasteiger partial charge in [0.05, 0.1) is 11.4 Å². The second-order valence-electron chi connectivity index (χ2n) is 7.57. The lowest BCUT2D eigenvalue weighted by Gasteiger charge is -2.39. The van der Waals surface area contributed by atoms with Crippen molar-refractivity contribution >= 4 is 40.3 Å². The maximum atomic E-state index is 5.93. The fraction of sp³-hybridized carbons (Fsp3) is 0.409. The molecule has 0 aromatic heterocycles. The Kier molecular flexibility index (Phi) is 5.71. The molecule has 1 fully saturated rings. The first kappa shape index (κ1) is 18.8. The number of anilines is 2. The van der Waals surface area contributed by atoms with Crippen LogP contribution in [-0.4, -0.2) is 23.6 Å². The molecule has 2 aromatic rings. The minimum Gasteiger partial charge on any atom is -0.389 e. The van der Waals surface area contributed by atoms with Gasteiger partial charge in [-0.3, -0.25) is 0 Å². The van der Waals surface area contributed by atoms with Crippen LogP contribution in [-0.2, 0) is 0 Å². The number of benzene rings is 2. The molecule has 142 valence electrons. The Labute approximate surface area is 171 Å². The third kappa shape index (κ3) is 4.00. The van der Waals surface area contributed by atoms with Crippen LogP contribution in [0.4, 0.5) is 11.4 Å². The molecule has 3 N–H and O–H groups in total. The maximum absolute atomic E-state index is 5.93. The summed E-state index contributed by atoms with van der Waals surface area (Å²) in [5.74, 6) is 0. The highest BCUT2D eigenvalue weighted by molar-refractivity contribution is 7.99. The van der Waals surface area contributed by atoms with Crippen molar-refractivity contribution in [2.24, 2.45) is 5.73 Å². The monoisotopic (exact) mass is 397 g/mol. The number of nitrogens with two attached hydrogens (primary N) is 1. The molecule has 3 nitrogen and oxygen atoms in total. The zero-order valence-electron chi connectivity index (χ0n) is 15.8. The van der Waals surface area contributed by atoms with Gasteiger partial charge in [0, 0.05) is 27.4 Å². The minimum atomic E-state index is 0.392. The van der Waals surface area contributed by atoms with E-state index in [2.05, 4.69) is 53.5 Å². The van der Waals surface area contributed by atoms with Crippen molar-refractivity contribution in [3.8, 4) is 0 Å². The summed E-state index contributed by atoms with van der Waals surface area (Å²) in [4.78, 5) is 5.54. The molecule has 2 aliphatic rings. The third-order valence-corrected chi connectivity index (χ3v) is 6.94. The SMILES string of the molecule is C[C@H](CC1CCCCCN1)N1c2ccccc2Sc2ccc(C(N)=S)cc21. The standard InChI is InChI=1S/C22H27N3S2/c1-15(13-17-7-3-2-6-12-24-17)25-18-8-4-5-9-20(18)27-21-11-10-16(22(23)26)14-19(21)25/h4-5,8-11,14-15,17,24H,2-3,6-7,12-13H2,1H3,(H2,23,26)/t15-,17?/m1/s1. The van der Waals surface area contributed by atoms with Crippen LogP contribution in [0.5, 0.6) is 0 Å². The van der Waals surface area contributed by atoms with E-state index in [4.69, 9.17) is 18.0 Å². The number of hydrogen-bond acceptors (Lipinski definition) is 4. The Morgan fingerprint density at radius 1 is 1.19 bits per heavy atom. The molecule has 2 aliphatic heterocycles. The van der Waals surface area contributed by atoms with Crippen LogP contribution in [0.15, 0.2) is 52.3 Å². The van der Waals surface area contributed by atoms with Crippen molar-refractivity contribution in [2.75, 3.05) is 11.4 Å². The number of para-hydroxylation sites is 1. The molecule has 27 heavy (non-hydrogen) atoms. The normalized spacial score (nSPS) is 20.3. The summed E-state index contributed by atoms with van der Waals surface area (Å²) in [5, 5.41) is 3.76. The van der Waals surface area contributed by atoms with E-state index >= 15 is 0 Å². The van der Waals surface area contributed by atoms with Crippen LogP contribution in [0, 0.1) is 0 Å². The predicted octanol–water partition coefficient (Wildman–Crippen LogP) is 5.23. The van der Waals surface area contributed by atoms with E-state index in [9.17, 15) is 0 Å². The van der Waals surface area contributed by atoms with Crippen molar-refractivity contribution in [1.82, 2.24) is 5.32 Å². The third-order valence-electron chi connectivity index (χ3n) is 5.58. The van der Waals surface area contributed by atoms with Gasteiger partial charge in [-0.25, -0.2) is 0 Å². The second kappa shape index (κ2) is 8.21. The van der Waals surface area contributed by atoms with Gasteiger partial charge in [-0.05, 0) is 57.0 Å². The van der Waals surface area contributed by atoms with Gasteiger partial charge in [-0.1, -0.05) is 55.0 Å². The van der Waals surface area contributed by atoms with E-state index in [0.717, 1.165) is 18.5 Å². The number of nitrogens with zero attached hydrogens (tertiary/aromatic N) is 1. The van der Waals surface area contributed by atoms with Crippen LogP contribution >= 0.6 is 24.0 Å². The smallest absolute Gasteiger partial charge is 0.104 e. The van der Waals surface area contributed by atoms with Gasteiger partial charge in [0.1, 0.15) is 4.99 Å². The fourth-order valence-corrected chi connectivity index (χ4v) is 5.41. The Morgan fingerprint density at radius 3 is 2.85 bits per heavy atom. The molecule has 5 heteroatoms. The highest BCUT2D eigenvalue weighted by Crippen LogP contribution is 2.49. The maximum Gasteiger partial charge on any atom is 0.104 e. The van der Waals surface area contributed by atoms with E-state index < -0.39 is 0 Å². The number of rotatable bonds is 4. The van der Waals surface area contributed by atoms with Crippen LogP contribution < -0.4 is 16.0 Å². The van der Waals surface area contributed by atoms with Gasteiger partial charge in [0.25, 0.3) is 0 Å². The average Bonchev–Trinajstić information content (AvgIpc) is 2.94. The number of nitrogens with one attached hydrogen (secondary N) is 1. The Morgan fingerprint density at radius 2 is 2.00 bits per heavy atom. The molecule has 0 saturated carbocycles. The minimum absolute atomic E-state index is 0.392. The van der Waals surface area contributed by atoms with Gasteiger partial charge >= 0.3 is 0 Å². The molecular formula is C22H27N3S2. The van der Waals surface area contributed by atoms with Crippen LogP contribution in [0.1, 0.15) is 44.6 Å². The molecule has 0 aliphatic carbocycles. The molecule has 4 rings (SSSR count).